The maximum atomic E-state index is 13.6. The van der Waals surface area contributed by atoms with Crippen molar-refractivity contribution >= 4 is 38.4 Å². The first-order valence-electron chi connectivity index (χ1n) is 10.1. The number of carbonyl (C=O) groups excluding carboxylic acids is 2. The number of halogens is 1. The van der Waals surface area contributed by atoms with Gasteiger partial charge in [0.15, 0.2) is 16.7 Å². The van der Waals surface area contributed by atoms with Crippen LogP contribution < -0.4 is 9.64 Å². The Hall–Kier alpha value is -3.98. The van der Waals surface area contributed by atoms with Crippen LogP contribution >= 0.6 is 11.3 Å². The van der Waals surface area contributed by atoms with Crippen LogP contribution in [-0.4, -0.2) is 28.4 Å². The van der Waals surface area contributed by atoms with Gasteiger partial charge in [-0.15, -0.1) is 0 Å². The number of aliphatic hydroxyl groups is 1. The fourth-order valence-corrected chi connectivity index (χ4v) is 4.81. The predicted octanol–water partition coefficient (Wildman–Crippen LogP) is 5.21. The van der Waals surface area contributed by atoms with E-state index in [0.717, 1.165) is 4.70 Å². The predicted molar refractivity (Wildman–Crippen MR) is 120 cm³/mol. The molecule has 166 valence electrons. The number of rotatable bonds is 6. The summed E-state index contributed by atoms with van der Waals surface area (Å²) in [5.74, 6) is -1.93. The van der Waals surface area contributed by atoms with Gasteiger partial charge in [-0.2, -0.15) is 0 Å². The molecule has 5 rings (SSSR count). The Morgan fingerprint density at radius 3 is 2.73 bits per heavy atom. The van der Waals surface area contributed by atoms with Crippen LogP contribution in [0.1, 0.15) is 29.1 Å². The molecule has 2 aromatic heterocycles. The summed E-state index contributed by atoms with van der Waals surface area (Å²) in [6.07, 6.45) is 1.33. The zero-order chi connectivity index (χ0) is 23.1. The lowest BCUT2D eigenvalue weighted by Crippen LogP contribution is -2.30. The Balaban J connectivity index is 1.64. The number of hydrogen-bond donors (Lipinski definition) is 1. The van der Waals surface area contributed by atoms with Crippen LogP contribution in [0.5, 0.6) is 5.75 Å². The molecule has 0 bridgehead atoms. The number of nitrogens with zero attached hydrogens (tertiary/aromatic N) is 2. The van der Waals surface area contributed by atoms with Gasteiger partial charge in [-0.05, 0) is 55.0 Å². The normalized spacial score (nSPS) is 16.1. The first-order chi connectivity index (χ1) is 16.0. The van der Waals surface area contributed by atoms with Crippen LogP contribution in [0.3, 0.4) is 0 Å². The maximum Gasteiger partial charge on any atom is 0.296 e. The third-order valence-corrected chi connectivity index (χ3v) is 6.27. The van der Waals surface area contributed by atoms with Crippen molar-refractivity contribution in [2.45, 2.75) is 13.0 Å². The summed E-state index contributed by atoms with van der Waals surface area (Å²) in [4.78, 5) is 32.2. The summed E-state index contributed by atoms with van der Waals surface area (Å²) >= 11 is 1.22. The van der Waals surface area contributed by atoms with Gasteiger partial charge >= 0.3 is 0 Å². The highest BCUT2D eigenvalue weighted by Gasteiger charge is 2.46. The molecule has 0 saturated heterocycles. The van der Waals surface area contributed by atoms with Crippen molar-refractivity contribution in [1.82, 2.24) is 4.98 Å². The molecule has 0 fully saturated rings. The van der Waals surface area contributed by atoms with E-state index in [1.807, 2.05) is 13.0 Å². The molecule has 4 aromatic rings. The van der Waals surface area contributed by atoms with Crippen molar-refractivity contribution < 1.29 is 28.2 Å². The summed E-state index contributed by atoms with van der Waals surface area (Å²) in [5.41, 5.74) is 0.920. The molecule has 7 nitrogen and oxygen atoms in total. The monoisotopic (exact) mass is 464 g/mol. The molecule has 0 unspecified atom stereocenters. The summed E-state index contributed by atoms with van der Waals surface area (Å²) in [5, 5.41) is 11.0. The third-order valence-electron chi connectivity index (χ3n) is 5.25. The molecule has 3 heterocycles. The lowest BCUT2D eigenvalue weighted by molar-refractivity contribution is -0.117. The Labute approximate surface area is 191 Å². The minimum Gasteiger partial charge on any atom is -0.503 e. The smallest absolute Gasteiger partial charge is 0.296 e. The van der Waals surface area contributed by atoms with Gasteiger partial charge in [0.2, 0.25) is 5.78 Å². The summed E-state index contributed by atoms with van der Waals surface area (Å²) in [6, 6.07) is 12.7. The summed E-state index contributed by atoms with van der Waals surface area (Å²) < 4.78 is 25.1. The van der Waals surface area contributed by atoms with E-state index in [9.17, 15) is 19.1 Å². The average molecular weight is 464 g/mol. The molecule has 1 aliphatic rings. The van der Waals surface area contributed by atoms with Crippen LogP contribution in [0.4, 0.5) is 9.52 Å². The molecule has 0 saturated carbocycles. The van der Waals surface area contributed by atoms with Gasteiger partial charge in [0.1, 0.15) is 11.6 Å². The Bertz CT molecular complexity index is 1390. The molecule has 1 amide bonds. The second-order valence-electron chi connectivity index (χ2n) is 7.26. The van der Waals surface area contributed by atoms with Crippen molar-refractivity contribution in [2.75, 3.05) is 11.5 Å². The van der Waals surface area contributed by atoms with Gasteiger partial charge in [0.25, 0.3) is 5.91 Å². The molecule has 1 atom stereocenters. The van der Waals surface area contributed by atoms with Crippen molar-refractivity contribution in [1.29, 1.82) is 0 Å². The second-order valence-corrected chi connectivity index (χ2v) is 8.27. The number of ether oxygens (including phenoxy) is 1. The van der Waals surface area contributed by atoms with Crippen LogP contribution in [0.25, 0.3) is 10.2 Å². The first kappa shape index (κ1) is 20.9. The number of aliphatic hydroxyl groups excluding tert-OH is 1. The van der Waals surface area contributed by atoms with E-state index in [0.29, 0.717) is 23.4 Å². The SMILES string of the molecule is CCOc1ccc2nc(N3C(=O)C(O)=C(C(=O)c4ccco4)[C@@H]3c3ccc(F)cc3)sc2c1. The van der Waals surface area contributed by atoms with Crippen LogP contribution in [-0.2, 0) is 4.79 Å². The lowest BCUT2D eigenvalue weighted by Gasteiger charge is -2.24. The lowest BCUT2D eigenvalue weighted by atomic mass is 9.95. The highest BCUT2D eigenvalue weighted by Crippen LogP contribution is 2.44. The Kier molecular flexibility index (Phi) is 5.18. The number of fused-ring (bicyclic) bond motifs is 1. The highest BCUT2D eigenvalue weighted by molar-refractivity contribution is 7.22. The number of Topliss-reactive ketones (excluding diaryl/α,β-unsaturated/α-hetero) is 1. The standard InChI is InChI=1S/C24H17FN2O5S/c1-2-31-15-9-10-16-18(12-15)33-24(26-16)27-20(13-5-7-14(25)8-6-13)19(22(29)23(27)30)21(28)17-4-3-11-32-17/h3-12,20,29H,2H2,1H3/t20-/m0/s1. The van der Waals surface area contributed by atoms with Gasteiger partial charge < -0.3 is 14.3 Å². The molecular weight excluding hydrogens is 447 g/mol. The quantitative estimate of drug-likeness (QED) is 0.394. The minimum atomic E-state index is -1.01. The highest BCUT2D eigenvalue weighted by atomic mass is 32.1. The summed E-state index contributed by atoms with van der Waals surface area (Å²) in [7, 11) is 0. The molecular formula is C24H17FN2O5S. The van der Waals surface area contributed by atoms with E-state index in [1.165, 1.54) is 58.9 Å². The van der Waals surface area contributed by atoms with Gasteiger partial charge in [-0.1, -0.05) is 23.5 Å². The molecule has 0 aliphatic carbocycles. The molecule has 9 heteroatoms. The Morgan fingerprint density at radius 2 is 2.03 bits per heavy atom. The molecule has 1 aliphatic heterocycles. The number of carbonyl (C=O) groups is 2. The van der Waals surface area contributed by atoms with Crippen molar-refractivity contribution in [3.05, 3.63) is 89.3 Å². The van der Waals surface area contributed by atoms with Gasteiger partial charge in [0, 0.05) is 0 Å². The Morgan fingerprint density at radius 1 is 1.24 bits per heavy atom. The number of hydrogen-bond acceptors (Lipinski definition) is 7. The molecule has 0 radical (unpaired) electrons. The number of anilines is 1. The van der Waals surface area contributed by atoms with E-state index in [2.05, 4.69) is 4.98 Å². The molecule has 2 aromatic carbocycles. The molecule has 0 spiro atoms. The van der Waals surface area contributed by atoms with Gasteiger partial charge in [-0.3, -0.25) is 14.5 Å². The maximum absolute atomic E-state index is 13.6. The number of furan rings is 1. The minimum absolute atomic E-state index is 0.0241. The number of aromatic nitrogens is 1. The number of ketones is 1. The van der Waals surface area contributed by atoms with Crippen LogP contribution in [0.2, 0.25) is 0 Å². The van der Waals surface area contributed by atoms with E-state index < -0.39 is 29.3 Å². The fraction of sp³-hybridized carbons (Fsp3) is 0.125. The number of amides is 1. The van der Waals surface area contributed by atoms with Crippen molar-refractivity contribution in [3.63, 3.8) is 0 Å². The van der Waals surface area contributed by atoms with E-state index in [4.69, 9.17) is 9.15 Å². The number of benzene rings is 2. The van der Waals surface area contributed by atoms with Crippen LogP contribution in [0.15, 0.2) is 76.6 Å². The second kappa shape index (κ2) is 8.18. The van der Waals surface area contributed by atoms with E-state index in [-0.39, 0.29) is 16.5 Å². The van der Waals surface area contributed by atoms with Gasteiger partial charge in [0.05, 0.1) is 34.7 Å². The van der Waals surface area contributed by atoms with E-state index in [1.54, 1.807) is 12.1 Å². The van der Waals surface area contributed by atoms with Crippen molar-refractivity contribution in [2.24, 2.45) is 0 Å². The largest absolute Gasteiger partial charge is 0.503 e. The average Bonchev–Trinajstić information content (AvgIpc) is 3.53. The van der Waals surface area contributed by atoms with E-state index >= 15 is 0 Å². The fourth-order valence-electron chi connectivity index (χ4n) is 3.79. The number of thiazole rings is 1. The van der Waals surface area contributed by atoms with Crippen molar-refractivity contribution in [3.8, 4) is 5.75 Å². The van der Waals surface area contributed by atoms with Gasteiger partial charge in [-0.25, -0.2) is 9.37 Å². The molecule has 1 N–H and O–H groups in total. The molecule has 33 heavy (non-hydrogen) atoms. The zero-order valence-electron chi connectivity index (χ0n) is 17.3. The zero-order valence-corrected chi connectivity index (χ0v) is 18.1. The third kappa shape index (κ3) is 3.56. The summed E-state index contributed by atoms with van der Waals surface area (Å²) in [6.45, 7) is 2.38. The van der Waals surface area contributed by atoms with Crippen LogP contribution in [0, 0.1) is 5.82 Å². The first-order valence-corrected chi connectivity index (χ1v) is 10.9. The topological polar surface area (TPSA) is 92.9 Å².